The van der Waals surface area contributed by atoms with Crippen molar-refractivity contribution in [2.45, 2.75) is 155 Å². The van der Waals surface area contributed by atoms with Gasteiger partial charge in [-0.25, -0.2) is 0 Å². The first-order valence-electron chi connectivity index (χ1n) is 21.9. The van der Waals surface area contributed by atoms with E-state index in [0.717, 1.165) is 50.5 Å². The lowest BCUT2D eigenvalue weighted by Crippen LogP contribution is -2.68. The van der Waals surface area contributed by atoms with Crippen LogP contribution in [0.1, 0.15) is 130 Å². The number of Topliss-reactive ketones (excluding diaryl/α,β-unsaturated/α-hetero) is 1. The number of allylic oxidation sites excluding steroid dienone is 4. The van der Waals surface area contributed by atoms with Crippen molar-refractivity contribution in [3.63, 3.8) is 0 Å². The number of alkyl halides is 3. The van der Waals surface area contributed by atoms with E-state index in [-0.39, 0.29) is 47.8 Å². The Hall–Kier alpha value is -3.18. The molecule has 1 aromatic carbocycles. The minimum atomic E-state index is -4.86. The molecule has 58 heavy (non-hydrogen) atoms. The number of benzene rings is 1. The number of amides is 1. The van der Waals surface area contributed by atoms with Crippen molar-refractivity contribution in [1.29, 1.82) is 0 Å². The summed E-state index contributed by atoms with van der Waals surface area (Å²) in [6, 6.07) is 5.43. The molecule has 8 nitrogen and oxygen atoms in total. The second-order valence-corrected chi connectivity index (χ2v) is 21.0. The van der Waals surface area contributed by atoms with E-state index >= 15 is 9.59 Å². The molecule has 10 atom stereocenters. The van der Waals surface area contributed by atoms with E-state index in [2.05, 4.69) is 36.8 Å². The maximum absolute atomic E-state index is 15.3. The molecule has 0 radical (unpaired) electrons. The van der Waals surface area contributed by atoms with E-state index in [0.29, 0.717) is 50.5 Å². The maximum atomic E-state index is 15.3. The summed E-state index contributed by atoms with van der Waals surface area (Å²) in [7, 11) is 0. The number of aliphatic hydroxyl groups is 2. The lowest BCUT2D eigenvalue weighted by atomic mass is 9.32. The molecule has 5 saturated carbocycles. The molecular formula is C47H60F3NO7. The van der Waals surface area contributed by atoms with Crippen LogP contribution in [-0.2, 0) is 25.7 Å². The Morgan fingerprint density at radius 3 is 2.16 bits per heavy atom. The van der Waals surface area contributed by atoms with Gasteiger partial charge in [0.05, 0.1) is 23.7 Å². The van der Waals surface area contributed by atoms with E-state index < -0.39 is 62.6 Å². The molecule has 316 valence electrons. The lowest BCUT2D eigenvalue weighted by Gasteiger charge is -2.71. The summed E-state index contributed by atoms with van der Waals surface area (Å²) in [5, 5.41) is 24.4. The van der Waals surface area contributed by atoms with Crippen molar-refractivity contribution in [3.05, 3.63) is 53.6 Å². The Labute approximate surface area is 340 Å². The number of carbonyl (C=O) groups is 3. The summed E-state index contributed by atoms with van der Waals surface area (Å²) in [4.78, 5) is 45.3. The minimum absolute atomic E-state index is 0.0256. The van der Waals surface area contributed by atoms with Gasteiger partial charge in [0, 0.05) is 39.7 Å². The van der Waals surface area contributed by atoms with E-state index in [1.807, 2.05) is 20.8 Å². The van der Waals surface area contributed by atoms with Crippen molar-refractivity contribution in [1.82, 2.24) is 4.90 Å². The molecule has 9 aliphatic rings. The van der Waals surface area contributed by atoms with Crippen LogP contribution in [0, 0.1) is 50.2 Å². The molecule has 8 aliphatic carbocycles. The average Bonchev–Trinajstić information content (AvgIpc) is 3.62. The number of hydrogen-bond acceptors (Lipinski definition) is 7. The van der Waals surface area contributed by atoms with Crippen LogP contribution in [0.2, 0.25) is 0 Å². The zero-order valence-corrected chi connectivity index (χ0v) is 34.7. The smallest absolute Gasteiger partial charge is 0.448 e. The molecule has 1 saturated heterocycles. The van der Waals surface area contributed by atoms with Gasteiger partial charge in [-0.05, 0) is 112 Å². The van der Waals surface area contributed by atoms with Gasteiger partial charge in [0.15, 0.2) is 11.4 Å². The number of ketones is 1. The predicted molar refractivity (Wildman–Crippen MR) is 209 cm³/mol. The Kier molecular flexibility index (Phi) is 8.80. The molecule has 0 aromatic heterocycles. The summed E-state index contributed by atoms with van der Waals surface area (Å²) in [6.45, 7) is 10.1. The summed E-state index contributed by atoms with van der Waals surface area (Å²) in [5.41, 5.74) is -5.09. The standard InChI is InChI=1S/C47H60F3NO7/c1-39(2)42(5)21-24-46(39,58-38(42)55)37(54)51(27-29-11-13-32(14-12-29)57-47(48,49)50)28-44(56)20-17-35-41(44,4)19-16-34-40(3)18-15-31(52)25-43(40)22-23-45(34,35)33(26-43)36(53)30-9-7-6-8-10-30/h11-14,22-23,26,30-31,34-35,52,56H,6-10,15-21,24-25,27-28H2,1-5H3/t31?,34-,35-,40-,41+,42+,43+,44-,45-,46-/m1/s1. The molecule has 6 fully saturated rings. The van der Waals surface area contributed by atoms with Crippen molar-refractivity contribution in [2.24, 2.45) is 50.2 Å². The molecule has 4 bridgehead atoms. The average molecular weight is 808 g/mol. The summed E-state index contributed by atoms with van der Waals surface area (Å²) < 4.78 is 49.4. The molecule has 1 aromatic rings. The fourth-order valence-electron chi connectivity index (χ4n) is 14.7. The number of fused-ring (bicyclic) bond motifs is 3. The number of rotatable bonds is 8. The number of nitrogens with zero attached hydrogens (tertiary/aromatic N) is 1. The van der Waals surface area contributed by atoms with Crippen LogP contribution in [0.4, 0.5) is 13.2 Å². The topological polar surface area (TPSA) is 113 Å². The Bertz CT molecular complexity index is 1970. The highest BCUT2D eigenvalue weighted by atomic mass is 19.4. The van der Waals surface area contributed by atoms with Crippen LogP contribution in [0.5, 0.6) is 5.75 Å². The van der Waals surface area contributed by atoms with E-state index in [1.54, 1.807) is 4.90 Å². The highest BCUT2D eigenvalue weighted by molar-refractivity contribution is 6.00. The molecule has 1 unspecified atom stereocenters. The SMILES string of the molecule is CC1(C)[C@@]2(C)CC[C@]1(C(=O)N(Cc1ccc(OC(F)(F)F)cc1)C[C@]1(O)CC[C@H]3[C@]45C=C[C@@]6(C=C4C(=O)C4CCCCC4)CC(O)CC[C@]6(C)[C@H]5CC[C@@]31C)OC2=O. The first kappa shape index (κ1) is 40.2. The van der Waals surface area contributed by atoms with E-state index in [9.17, 15) is 28.2 Å². The van der Waals surface area contributed by atoms with Crippen molar-refractivity contribution in [2.75, 3.05) is 6.54 Å². The molecule has 1 aliphatic heterocycles. The van der Waals surface area contributed by atoms with E-state index in [1.165, 1.54) is 24.3 Å². The highest BCUT2D eigenvalue weighted by Gasteiger charge is 2.78. The number of halogens is 3. The number of hydrogen-bond donors (Lipinski definition) is 2. The largest absolute Gasteiger partial charge is 0.573 e. The summed E-state index contributed by atoms with van der Waals surface area (Å²) in [6.07, 6.45) is 12.0. The van der Waals surface area contributed by atoms with Crippen LogP contribution in [0.3, 0.4) is 0 Å². The first-order valence-corrected chi connectivity index (χ1v) is 21.9. The van der Waals surface area contributed by atoms with Gasteiger partial charge in [-0.15, -0.1) is 13.2 Å². The number of aliphatic hydroxyl groups excluding tert-OH is 1. The molecular weight excluding hydrogens is 748 g/mol. The fraction of sp³-hybridized carbons (Fsp3) is 0.723. The maximum Gasteiger partial charge on any atom is 0.573 e. The van der Waals surface area contributed by atoms with Gasteiger partial charge in [0.25, 0.3) is 5.91 Å². The molecule has 2 spiro atoms. The number of ether oxygens (including phenoxy) is 2. The van der Waals surface area contributed by atoms with Crippen LogP contribution in [0.25, 0.3) is 0 Å². The molecule has 1 amide bonds. The van der Waals surface area contributed by atoms with E-state index in [4.69, 9.17) is 4.74 Å². The summed E-state index contributed by atoms with van der Waals surface area (Å²) >= 11 is 0. The third-order valence-electron chi connectivity index (χ3n) is 18.7. The van der Waals surface area contributed by atoms with Crippen LogP contribution >= 0.6 is 0 Å². The Morgan fingerprint density at radius 1 is 0.862 bits per heavy atom. The second-order valence-electron chi connectivity index (χ2n) is 21.0. The van der Waals surface area contributed by atoms with Gasteiger partial charge in [-0.2, -0.15) is 0 Å². The number of carbonyl (C=O) groups excluding carboxylic acids is 3. The third-order valence-corrected chi connectivity index (χ3v) is 18.7. The van der Waals surface area contributed by atoms with Crippen LogP contribution < -0.4 is 4.74 Å². The van der Waals surface area contributed by atoms with Gasteiger partial charge in [0.1, 0.15) is 5.75 Å². The fourth-order valence-corrected chi connectivity index (χ4v) is 14.7. The van der Waals surface area contributed by atoms with Crippen molar-refractivity contribution in [3.8, 4) is 5.75 Å². The van der Waals surface area contributed by atoms with Crippen molar-refractivity contribution >= 4 is 17.7 Å². The van der Waals surface area contributed by atoms with Gasteiger partial charge >= 0.3 is 12.3 Å². The lowest BCUT2D eigenvalue weighted by molar-refractivity contribution is -0.274. The van der Waals surface area contributed by atoms with Crippen molar-refractivity contribution < 1.29 is 47.2 Å². The minimum Gasteiger partial charge on any atom is -0.448 e. The zero-order chi connectivity index (χ0) is 41.5. The molecule has 1 heterocycles. The molecule has 10 rings (SSSR count). The number of esters is 1. The zero-order valence-electron chi connectivity index (χ0n) is 34.7. The van der Waals surface area contributed by atoms with Crippen LogP contribution in [-0.4, -0.2) is 63.0 Å². The van der Waals surface area contributed by atoms with Gasteiger partial charge < -0.3 is 24.6 Å². The molecule has 2 N–H and O–H groups in total. The van der Waals surface area contributed by atoms with Gasteiger partial charge in [-0.3, -0.25) is 14.4 Å². The Balaban J connectivity index is 1.10. The predicted octanol–water partition coefficient (Wildman–Crippen LogP) is 8.78. The summed E-state index contributed by atoms with van der Waals surface area (Å²) in [5.74, 6) is -0.967. The monoisotopic (exact) mass is 807 g/mol. The van der Waals surface area contributed by atoms with Crippen LogP contribution in [0.15, 0.2) is 48.1 Å². The highest BCUT2D eigenvalue weighted by Crippen LogP contribution is 2.78. The quantitative estimate of drug-likeness (QED) is 0.200. The van der Waals surface area contributed by atoms with Gasteiger partial charge in [0.2, 0.25) is 0 Å². The first-order chi connectivity index (χ1) is 27.1. The van der Waals surface area contributed by atoms with Gasteiger partial charge in [-0.1, -0.05) is 77.3 Å². The second kappa shape index (κ2) is 12.7. The normalized spacial score (nSPS) is 43.6. The third kappa shape index (κ3) is 5.16. The Morgan fingerprint density at radius 2 is 1.52 bits per heavy atom. The molecule has 11 heteroatoms.